The Morgan fingerprint density at radius 3 is 1.65 bits per heavy atom. The van der Waals surface area contributed by atoms with Crippen molar-refractivity contribution in [3.05, 3.63) is 35.4 Å². The van der Waals surface area contributed by atoms with E-state index in [0.29, 0.717) is 23.8 Å². The van der Waals surface area contributed by atoms with Gasteiger partial charge in [-0.05, 0) is 35.9 Å². The van der Waals surface area contributed by atoms with Crippen LogP contribution in [0.25, 0.3) is 0 Å². The molecule has 0 bridgehead atoms. The van der Waals surface area contributed by atoms with E-state index in [2.05, 4.69) is 71.2 Å². The number of nitrogens with one attached hydrogen (secondary N) is 1. The first kappa shape index (κ1) is 14.2. The van der Waals surface area contributed by atoms with Gasteiger partial charge in [0.2, 0.25) is 0 Å². The maximum absolute atomic E-state index is 3.44. The van der Waals surface area contributed by atoms with E-state index in [4.69, 9.17) is 0 Å². The minimum atomic E-state index is 0.542. The largest absolute Gasteiger partial charge is 0.316 e. The van der Waals surface area contributed by atoms with E-state index in [1.54, 1.807) is 0 Å². The molecule has 1 heteroatoms. The second-order valence-corrected chi connectivity index (χ2v) is 5.67. The standard InChI is InChI=1S/C16H27N/c1-11(2)14-7-9-15(10-8-14)13(5)16(17-6)12(3)4/h7-13,16-17H,1-6H3. The van der Waals surface area contributed by atoms with Crippen molar-refractivity contribution in [3.63, 3.8) is 0 Å². The summed E-state index contributed by atoms with van der Waals surface area (Å²) in [5, 5.41) is 3.44. The minimum absolute atomic E-state index is 0.542. The lowest BCUT2D eigenvalue weighted by Crippen LogP contribution is -2.35. The van der Waals surface area contributed by atoms with E-state index in [0.717, 1.165) is 0 Å². The van der Waals surface area contributed by atoms with E-state index in [1.807, 2.05) is 0 Å². The summed E-state index contributed by atoms with van der Waals surface area (Å²) in [7, 11) is 2.06. The van der Waals surface area contributed by atoms with E-state index in [1.165, 1.54) is 11.1 Å². The van der Waals surface area contributed by atoms with E-state index >= 15 is 0 Å². The Morgan fingerprint density at radius 1 is 0.824 bits per heavy atom. The van der Waals surface area contributed by atoms with Gasteiger partial charge in [-0.25, -0.2) is 0 Å². The molecule has 1 nitrogen and oxygen atoms in total. The number of hydrogen-bond donors (Lipinski definition) is 1. The molecule has 0 saturated heterocycles. The minimum Gasteiger partial charge on any atom is -0.316 e. The third kappa shape index (κ3) is 3.57. The van der Waals surface area contributed by atoms with E-state index in [-0.39, 0.29) is 0 Å². The first-order chi connectivity index (χ1) is 7.97. The van der Waals surface area contributed by atoms with Gasteiger partial charge in [-0.1, -0.05) is 58.9 Å². The molecule has 96 valence electrons. The molecule has 0 aromatic heterocycles. The predicted octanol–water partition coefficient (Wildman–Crippen LogP) is 4.16. The van der Waals surface area contributed by atoms with Gasteiger partial charge < -0.3 is 5.32 Å². The number of likely N-dealkylation sites (N-methyl/N-ethyl adjacent to an activating group) is 1. The highest BCUT2D eigenvalue weighted by atomic mass is 14.9. The maximum atomic E-state index is 3.44. The van der Waals surface area contributed by atoms with Crippen molar-refractivity contribution < 1.29 is 0 Å². The summed E-state index contributed by atoms with van der Waals surface area (Å²) in [4.78, 5) is 0. The SMILES string of the molecule is CNC(C(C)C)C(C)c1ccc(C(C)C)cc1. The Morgan fingerprint density at radius 2 is 1.29 bits per heavy atom. The number of benzene rings is 1. The fourth-order valence-electron chi connectivity index (χ4n) is 2.55. The highest BCUT2D eigenvalue weighted by Gasteiger charge is 2.20. The lowest BCUT2D eigenvalue weighted by Gasteiger charge is -2.27. The van der Waals surface area contributed by atoms with Gasteiger partial charge in [0.05, 0.1) is 0 Å². The van der Waals surface area contributed by atoms with Crippen molar-refractivity contribution in [2.45, 2.75) is 52.5 Å². The quantitative estimate of drug-likeness (QED) is 0.805. The molecule has 1 aromatic carbocycles. The monoisotopic (exact) mass is 233 g/mol. The van der Waals surface area contributed by atoms with Gasteiger partial charge in [0.15, 0.2) is 0 Å². The smallest absolute Gasteiger partial charge is 0.0153 e. The zero-order valence-electron chi connectivity index (χ0n) is 12.1. The average molecular weight is 233 g/mol. The zero-order chi connectivity index (χ0) is 13.0. The van der Waals surface area contributed by atoms with Gasteiger partial charge in [-0.2, -0.15) is 0 Å². The zero-order valence-corrected chi connectivity index (χ0v) is 12.1. The molecule has 0 heterocycles. The summed E-state index contributed by atoms with van der Waals surface area (Å²) < 4.78 is 0. The van der Waals surface area contributed by atoms with E-state index in [9.17, 15) is 0 Å². The third-order valence-electron chi connectivity index (χ3n) is 3.72. The second-order valence-electron chi connectivity index (χ2n) is 5.67. The van der Waals surface area contributed by atoms with Gasteiger partial charge in [-0.3, -0.25) is 0 Å². The summed E-state index contributed by atoms with van der Waals surface area (Å²) in [5.74, 6) is 1.82. The molecule has 0 aliphatic rings. The van der Waals surface area contributed by atoms with Crippen molar-refractivity contribution >= 4 is 0 Å². The molecule has 1 N–H and O–H groups in total. The number of hydrogen-bond acceptors (Lipinski definition) is 1. The molecular formula is C16H27N. The highest BCUT2D eigenvalue weighted by molar-refractivity contribution is 5.27. The fourth-order valence-corrected chi connectivity index (χ4v) is 2.55. The molecule has 0 spiro atoms. The Kier molecular flexibility index (Phi) is 5.20. The molecule has 1 aromatic rings. The first-order valence-electron chi connectivity index (χ1n) is 6.74. The molecule has 0 fully saturated rings. The van der Waals surface area contributed by atoms with Gasteiger partial charge in [0, 0.05) is 6.04 Å². The molecule has 17 heavy (non-hydrogen) atoms. The molecule has 1 rings (SSSR count). The van der Waals surface area contributed by atoms with Crippen molar-refractivity contribution in [3.8, 4) is 0 Å². The summed E-state index contributed by atoms with van der Waals surface area (Å²) in [6.07, 6.45) is 0. The molecule has 0 radical (unpaired) electrons. The third-order valence-corrected chi connectivity index (χ3v) is 3.72. The van der Waals surface area contributed by atoms with Gasteiger partial charge in [0.25, 0.3) is 0 Å². The van der Waals surface area contributed by atoms with Crippen LogP contribution in [0, 0.1) is 5.92 Å². The molecule has 0 amide bonds. The molecule has 2 unspecified atom stereocenters. The average Bonchev–Trinajstić information content (AvgIpc) is 2.29. The Labute approximate surface area is 107 Å². The van der Waals surface area contributed by atoms with Gasteiger partial charge in [-0.15, -0.1) is 0 Å². The normalized spacial score (nSPS) is 15.3. The second kappa shape index (κ2) is 6.20. The van der Waals surface area contributed by atoms with Crippen LogP contribution in [-0.4, -0.2) is 13.1 Å². The molecule has 0 aliphatic carbocycles. The van der Waals surface area contributed by atoms with Crippen LogP contribution in [0.15, 0.2) is 24.3 Å². The van der Waals surface area contributed by atoms with Crippen LogP contribution in [0.2, 0.25) is 0 Å². The van der Waals surface area contributed by atoms with Crippen molar-refractivity contribution in [2.24, 2.45) is 5.92 Å². The van der Waals surface area contributed by atoms with Crippen molar-refractivity contribution in [2.75, 3.05) is 7.05 Å². The summed E-state index contributed by atoms with van der Waals surface area (Å²) in [6.45, 7) is 11.3. The summed E-state index contributed by atoms with van der Waals surface area (Å²) in [5.41, 5.74) is 2.86. The van der Waals surface area contributed by atoms with Crippen molar-refractivity contribution in [1.82, 2.24) is 5.32 Å². The van der Waals surface area contributed by atoms with Crippen LogP contribution in [-0.2, 0) is 0 Å². The van der Waals surface area contributed by atoms with Crippen LogP contribution in [0.1, 0.15) is 57.6 Å². The fraction of sp³-hybridized carbons (Fsp3) is 0.625. The Bertz CT molecular complexity index is 324. The van der Waals surface area contributed by atoms with Gasteiger partial charge in [0.1, 0.15) is 0 Å². The van der Waals surface area contributed by atoms with Crippen LogP contribution in [0.4, 0.5) is 0 Å². The van der Waals surface area contributed by atoms with Crippen LogP contribution in [0.3, 0.4) is 0 Å². The molecule has 0 saturated carbocycles. The molecule has 0 aliphatic heterocycles. The van der Waals surface area contributed by atoms with E-state index < -0.39 is 0 Å². The van der Waals surface area contributed by atoms with Crippen LogP contribution < -0.4 is 5.32 Å². The molecule has 2 atom stereocenters. The Balaban J connectivity index is 2.85. The lowest BCUT2D eigenvalue weighted by atomic mass is 9.86. The predicted molar refractivity (Wildman–Crippen MR) is 76.6 cm³/mol. The summed E-state index contributed by atoms with van der Waals surface area (Å²) >= 11 is 0. The van der Waals surface area contributed by atoms with Crippen LogP contribution in [0.5, 0.6) is 0 Å². The molecular weight excluding hydrogens is 206 g/mol. The summed E-state index contributed by atoms with van der Waals surface area (Å²) in [6, 6.07) is 9.65. The van der Waals surface area contributed by atoms with Crippen LogP contribution >= 0.6 is 0 Å². The number of rotatable bonds is 5. The first-order valence-corrected chi connectivity index (χ1v) is 6.74. The highest BCUT2D eigenvalue weighted by Crippen LogP contribution is 2.25. The topological polar surface area (TPSA) is 12.0 Å². The van der Waals surface area contributed by atoms with Gasteiger partial charge >= 0.3 is 0 Å². The Hall–Kier alpha value is -0.820. The lowest BCUT2D eigenvalue weighted by molar-refractivity contribution is 0.376. The maximum Gasteiger partial charge on any atom is 0.0153 e. The van der Waals surface area contributed by atoms with Crippen molar-refractivity contribution in [1.29, 1.82) is 0 Å².